The fourth-order valence-electron chi connectivity index (χ4n) is 3.56. The van der Waals surface area contributed by atoms with E-state index in [1.54, 1.807) is 17.4 Å². The molecule has 2 aromatic rings. The lowest BCUT2D eigenvalue weighted by Gasteiger charge is -2.41. The van der Waals surface area contributed by atoms with Crippen molar-refractivity contribution in [2.45, 2.75) is 25.4 Å². The second kappa shape index (κ2) is 7.11. The molecule has 0 saturated carbocycles. The van der Waals surface area contributed by atoms with Crippen LogP contribution in [0.15, 0.2) is 53.9 Å². The first-order valence-corrected chi connectivity index (χ1v) is 8.93. The number of nitrogens with zero attached hydrogens (tertiary/aromatic N) is 6. The second-order valence-electron chi connectivity index (χ2n) is 6.62. The third kappa shape index (κ3) is 3.12. The molecule has 1 unspecified atom stereocenters. The number of anilines is 1. The summed E-state index contributed by atoms with van der Waals surface area (Å²) in [4.78, 5) is 25.8. The van der Waals surface area contributed by atoms with Crippen LogP contribution in [0.2, 0.25) is 0 Å². The molecule has 4 rings (SSSR count). The van der Waals surface area contributed by atoms with Gasteiger partial charge in [-0.25, -0.2) is 19.8 Å². The van der Waals surface area contributed by atoms with Crippen molar-refractivity contribution in [3.63, 3.8) is 0 Å². The van der Waals surface area contributed by atoms with E-state index in [0.29, 0.717) is 25.6 Å². The lowest BCUT2D eigenvalue weighted by atomic mass is 10.0. The van der Waals surface area contributed by atoms with Gasteiger partial charge in [0, 0.05) is 50.7 Å². The van der Waals surface area contributed by atoms with Gasteiger partial charge in [-0.05, 0) is 18.6 Å². The number of piperazine rings is 1. The zero-order valence-corrected chi connectivity index (χ0v) is 14.8. The van der Waals surface area contributed by atoms with Gasteiger partial charge in [0.2, 0.25) is 5.95 Å². The SMILES string of the molecule is C[C@H]1CN(c2ncccn2)CCN1C(=O)N1N=CCC1c1ccccc1. The number of carbonyl (C=O) groups excluding carboxylic acids is 1. The summed E-state index contributed by atoms with van der Waals surface area (Å²) in [5.41, 5.74) is 1.11. The van der Waals surface area contributed by atoms with E-state index >= 15 is 0 Å². The van der Waals surface area contributed by atoms with E-state index in [9.17, 15) is 4.79 Å². The van der Waals surface area contributed by atoms with Gasteiger partial charge in [0.05, 0.1) is 6.04 Å². The van der Waals surface area contributed by atoms with Crippen LogP contribution in [-0.2, 0) is 0 Å². The van der Waals surface area contributed by atoms with Gasteiger partial charge in [-0.3, -0.25) is 0 Å². The van der Waals surface area contributed by atoms with Gasteiger partial charge in [0.1, 0.15) is 0 Å². The fourth-order valence-corrected chi connectivity index (χ4v) is 3.56. The molecule has 3 heterocycles. The first kappa shape index (κ1) is 16.5. The topological polar surface area (TPSA) is 64.9 Å². The summed E-state index contributed by atoms with van der Waals surface area (Å²) in [6.07, 6.45) is 6.07. The third-order valence-corrected chi connectivity index (χ3v) is 4.92. The van der Waals surface area contributed by atoms with Crippen molar-refractivity contribution < 1.29 is 4.79 Å². The Morgan fingerprint density at radius 3 is 2.58 bits per heavy atom. The van der Waals surface area contributed by atoms with Crippen LogP contribution >= 0.6 is 0 Å². The van der Waals surface area contributed by atoms with Crippen LogP contribution in [0.3, 0.4) is 0 Å². The average molecular weight is 350 g/mol. The molecule has 1 fully saturated rings. The first-order valence-electron chi connectivity index (χ1n) is 8.93. The number of hydrazone groups is 1. The predicted molar refractivity (Wildman–Crippen MR) is 99.9 cm³/mol. The van der Waals surface area contributed by atoms with Crippen molar-refractivity contribution in [3.8, 4) is 0 Å². The third-order valence-electron chi connectivity index (χ3n) is 4.92. The van der Waals surface area contributed by atoms with Gasteiger partial charge < -0.3 is 9.80 Å². The maximum absolute atomic E-state index is 13.1. The molecule has 7 heteroatoms. The Kier molecular flexibility index (Phi) is 4.51. The molecule has 1 saturated heterocycles. The number of hydrogen-bond donors (Lipinski definition) is 0. The molecular weight excluding hydrogens is 328 g/mol. The molecule has 1 aromatic carbocycles. The quantitative estimate of drug-likeness (QED) is 0.835. The maximum atomic E-state index is 13.1. The normalized spacial score (nSPS) is 22.7. The number of benzene rings is 1. The van der Waals surface area contributed by atoms with Crippen LogP contribution in [0.25, 0.3) is 0 Å². The highest BCUT2D eigenvalue weighted by Crippen LogP contribution is 2.30. The minimum atomic E-state index is -0.0336. The minimum Gasteiger partial charge on any atom is -0.337 e. The van der Waals surface area contributed by atoms with Crippen molar-refractivity contribution in [1.29, 1.82) is 0 Å². The van der Waals surface area contributed by atoms with E-state index in [2.05, 4.69) is 26.9 Å². The van der Waals surface area contributed by atoms with E-state index in [0.717, 1.165) is 12.0 Å². The first-order chi connectivity index (χ1) is 12.7. The highest BCUT2D eigenvalue weighted by Gasteiger charge is 2.36. The molecule has 0 N–H and O–H groups in total. The highest BCUT2D eigenvalue weighted by atomic mass is 16.2. The molecule has 0 aliphatic carbocycles. The van der Waals surface area contributed by atoms with Gasteiger partial charge in [0.25, 0.3) is 0 Å². The summed E-state index contributed by atoms with van der Waals surface area (Å²) >= 11 is 0. The van der Waals surface area contributed by atoms with Crippen molar-refractivity contribution in [1.82, 2.24) is 19.9 Å². The summed E-state index contributed by atoms with van der Waals surface area (Å²) in [5.74, 6) is 0.716. The summed E-state index contributed by atoms with van der Waals surface area (Å²) in [6, 6.07) is 11.9. The lowest BCUT2D eigenvalue weighted by Crippen LogP contribution is -2.57. The molecular formula is C19H22N6O. The second-order valence-corrected chi connectivity index (χ2v) is 6.62. The largest absolute Gasteiger partial charge is 0.341 e. The molecule has 0 spiro atoms. The Balaban J connectivity index is 1.46. The number of rotatable bonds is 2. The molecule has 2 atom stereocenters. The van der Waals surface area contributed by atoms with Gasteiger partial charge >= 0.3 is 6.03 Å². The highest BCUT2D eigenvalue weighted by molar-refractivity contribution is 5.79. The van der Waals surface area contributed by atoms with Gasteiger partial charge in [-0.1, -0.05) is 30.3 Å². The molecule has 0 radical (unpaired) electrons. The Morgan fingerprint density at radius 1 is 1.08 bits per heavy atom. The minimum absolute atomic E-state index is 0.0219. The number of amides is 2. The summed E-state index contributed by atoms with van der Waals surface area (Å²) < 4.78 is 0. The van der Waals surface area contributed by atoms with Gasteiger partial charge in [0.15, 0.2) is 0 Å². The van der Waals surface area contributed by atoms with Crippen LogP contribution in [0, 0.1) is 0 Å². The number of aromatic nitrogens is 2. The smallest absolute Gasteiger partial charge is 0.337 e. The zero-order valence-electron chi connectivity index (χ0n) is 14.8. The monoisotopic (exact) mass is 350 g/mol. The Bertz CT molecular complexity index is 781. The van der Waals surface area contributed by atoms with E-state index in [1.807, 2.05) is 47.5 Å². The van der Waals surface area contributed by atoms with Gasteiger partial charge in [-0.2, -0.15) is 5.10 Å². The summed E-state index contributed by atoms with van der Waals surface area (Å²) in [5, 5.41) is 5.98. The zero-order chi connectivity index (χ0) is 17.9. The van der Waals surface area contributed by atoms with Crippen LogP contribution in [0.1, 0.15) is 24.9 Å². The lowest BCUT2D eigenvalue weighted by molar-refractivity contribution is 0.121. The summed E-state index contributed by atoms with van der Waals surface area (Å²) in [7, 11) is 0. The van der Waals surface area contributed by atoms with E-state index in [-0.39, 0.29) is 18.1 Å². The van der Waals surface area contributed by atoms with Crippen molar-refractivity contribution in [3.05, 3.63) is 54.4 Å². The van der Waals surface area contributed by atoms with Crippen molar-refractivity contribution in [2.24, 2.45) is 5.10 Å². The average Bonchev–Trinajstić information content (AvgIpc) is 3.19. The fraction of sp³-hybridized carbons (Fsp3) is 0.368. The van der Waals surface area contributed by atoms with Crippen molar-refractivity contribution in [2.75, 3.05) is 24.5 Å². The Labute approximate surface area is 153 Å². The number of hydrogen-bond acceptors (Lipinski definition) is 5. The van der Waals surface area contributed by atoms with Crippen LogP contribution < -0.4 is 4.90 Å². The van der Waals surface area contributed by atoms with E-state index < -0.39 is 0 Å². The number of urea groups is 1. The Morgan fingerprint density at radius 2 is 1.85 bits per heavy atom. The molecule has 134 valence electrons. The van der Waals surface area contributed by atoms with Crippen LogP contribution in [-0.4, -0.2) is 57.8 Å². The molecule has 2 aliphatic heterocycles. The molecule has 26 heavy (non-hydrogen) atoms. The van der Waals surface area contributed by atoms with Crippen molar-refractivity contribution >= 4 is 18.2 Å². The molecule has 7 nitrogen and oxygen atoms in total. The standard InChI is InChI=1S/C19H22N6O/c1-15-14-23(18-20-9-5-10-21-18)12-13-24(15)19(26)25-17(8-11-22-25)16-6-3-2-4-7-16/h2-7,9-11,15,17H,8,12-14H2,1H3/t15-,17?/m0/s1. The van der Waals surface area contributed by atoms with Crippen LogP contribution in [0.5, 0.6) is 0 Å². The Hall–Kier alpha value is -2.96. The molecule has 2 aliphatic rings. The molecule has 1 aromatic heterocycles. The summed E-state index contributed by atoms with van der Waals surface area (Å²) in [6.45, 7) is 4.12. The maximum Gasteiger partial charge on any atom is 0.341 e. The van der Waals surface area contributed by atoms with E-state index in [4.69, 9.17) is 0 Å². The van der Waals surface area contributed by atoms with E-state index in [1.165, 1.54) is 0 Å². The predicted octanol–water partition coefficient (Wildman–Crippen LogP) is 2.54. The van der Waals surface area contributed by atoms with Gasteiger partial charge in [-0.15, -0.1) is 0 Å². The molecule has 2 amide bonds. The molecule has 0 bridgehead atoms. The van der Waals surface area contributed by atoms with Crippen LogP contribution in [0.4, 0.5) is 10.7 Å². The number of carbonyl (C=O) groups is 1.